The van der Waals surface area contributed by atoms with Crippen LogP contribution in [0.3, 0.4) is 0 Å². The van der Waals surface area contributed by atoms with Gasteiger partial charge in [-0.15, -0.1) is 0 Å². The fourth-order valence-corrected chi connectivity index (χ4v) is 2.47. The van der Waals surface area contributed by atoms with Crippen molar-refractivity contribution in [3.8, 4) is 0 Å². The van der Waals surface area contributed by atoms with E-state index < -0.39 is 17.5 Å². The van der Waals surface area contributed by atoms with Gasteiger partial charge in [-0.2, -0.15) is 0 Å². The third-order valence-electron chi connectivity index (χ3n) is 3.18. The average Bonchev–Trinajstić information content (AvgIpc) is 2.68. The van der Waals surface area contributed by atoms with E-state index in [-0.39, 0.29) is 16.3 Å². The average molecular weight is 299 g/mol. The van der Waals surface area contributed by atoms with Crippen molar-refractivity contribution >= 4 is 29.0 Å². The van der Waals surface area contributed by atoms with Gasteiger partial charge in [0.25, 0.3) is 11.7 Å². The van der Waals surface area contributed by atoms with Gasteiger partial charge in [0, 0.05) is 6.54 Å². The number of carbonyl (C=O) groups is 2. The molecule has 1 N–H and O–H groups in total. The normalized spacial score (nSPS) is 14.1. The molecular weight excluding hydrogens is 283 g/mol. The highest BCUT2D eigenvalue weighted by Crippen LogP contribution is 2.36. The molecule has 1 aromatic carbocycles. The summed E-state index contributed by atoms with van der Waals surface area (Å²) in [6.45, 7) is 3.96. The number of anilines is 1. The Hall–Kier alpha value is -1.46. The third-order valence-corrected chi connectivity index (χ3v) is 3.49. The lowest BCUT2D eigenvalue weighted by atomic mass is 10.1. The second-order valence-electron chi connectivity index (χ2n) is 4.64. The van der Waals surface area contributed by atoms with Gasteiger partial charge < -0.3 is 10.2 Å². The zero-order chi connectivity index (χ0) is 14.7. The minimum Gasteiger partial charge on any atom is -0.317 e. The summed E-state index contributed by atoms with van der Waals surface area (Å²) in [4.78, 5) is 25.0. The molecule has 1 aliphatic heterocycles. The number of nitrogens with one attached hydrogen (secondary N) is 1. The lowest BCUT2D eigenvalue weighted by Gasteiger charge is -2.17. The van der Waals surface area contributed by atoms with E-state index >= 15 is 0 Å². The van der Waals surface area contributed by atoms with E-state index in [4.69, 9.17) is 11.6 Å². The van der Waals surface area contributed by atoms with Crippen molar-refractivity contribution in [3.05, 3.63) is 28.5 Å². The molecule has 1 amide bonds. The smallest absolute Gasteiger partial charge is 0.299 e. The number of halogens is 2. The molecule has 4 nitrogen and oxygen atoms in total. The van der Waals surface area contributed by atoms with Gasteiger partial charge in [-0.05, 0) is 38.1 Å². The Morgan fingerprint density at radius 2 is 2.05 bits per heavy atom. The number of benzene rings is 1. The Bertz CT molecular complexity index is 548. The molecule has 1 aromatic rings. The van der Waals surface area contributed by atoms with E-state index in [9.17, 15) is 14.0 Å². The molecule has 1 heterocycles. The first-order valence-corrected chi connectivity index (χ1v) is 7.00. The number of nitrogens with zero attached hydrogens (tertiary/aromatic N) is 1. The summed E-state index contributed by atoms with van der Waals surface area (Å²) in [5, 5.41) is 3.31. The summed E-state index contributed by atoms with van der Waals surface area (Å²) >= 11 is 5.89. The van der Waals surface area contributed by atoms with Crippen molar-refractivity contribution in [2.45, 2.75) is 19.8 Å². The van der Waals surface area contributed by atoms with E-state index in [1.807, 2.05) is 0 Å². The lowest BCUT2D eigenvalue weighted by Crippen LogP contribution is -2.32. The lowest BCUT2D eigenvalue weighted by molar-refractivity contribution is -0.114. The van der Waals surface area contributed by atoms with Crippen LogP contribution in [0.15, 0.2) is 12.1 Å². The van der Waals surface area contributed by atoms with Crippen LogP contribution in [0.25, 0.3) is 0 Å². The summed E-state index contributed by atoms with van der Waals surface area (Å²) < 4.78 is 13.9. The van der Waals surface area contributed by atoms with Crippen molar-refractivity contribution in [2.24, 2.45) is 0 Å². The van der Waals surface area contributed by atoms with Crippen LogP contribution in [0.2, 0.25) is 5.02 Å². The minimum atomic E-state index is -0.731. The first kappa shape index (κ1) is 14.9. The maximum atomic E-state index is 13.9. The van der Waals surface area contributed by atoms with Gasteiger partial charge >= 0.3 is 0 Å². The summed E-state index contributed by atoms with van der Waals surface area (Å²) in [7, 11) is 0. The van der Waals surface area contributed by atoms with Crippen molar-refractivity contribution < 1.29 is 14.0 Å². The van der Waals surface area contributed by atoms with Gasteiger partial charge in [0.15, 0.2) is 0 Å². The van der Waals surface area contributed by atoms with Gasteiger partial charge in [-0.25, -0.2) is 4.39 Å². The molecule has 0 spiro atoms. The van der Waals surface area contributed by atoms with Crippen LogP contribution in [-0.2, 0) is 4.79 Å². The third kappa shape index (κ3) is 2.69. The number of fused-ring (bicyclic) bond motifs is 1. The van der Waals surface area contributed by atoms with E-state index in [0.717, 1.165) is 13.0 Å². The summed E-state index contributed by atoms with van der Waals surface area (Å²) in [6, 6.07) is 2.47. The van der Waals surface area contributed by atoms with E-state index in [2.05, 4.69) is 12.2 Å². The molecule has 6 heteroatoms. The highest BCUT2D eigenvalue weighted by molar-refractivity contribution is 6.55. The van der Waals surface area contributed by atoms with Gasteiger partial charge in [-0.1, -0.05) is 18.5 Å². The summed E-state index contributed by atoms with van der Waals surface area (Å²) in [6.07, 6.45) is 1.67. The second kappa shape index (κ2) is 6.33. The topological polar surface area (TPSA) is 49.4 Å². The van der Waals surface area contributed by atoms with E-state index in [1.165, 1.54) is 17.0 Å². The molecule has 0 saturated heterocycles. The first-order chi connectivity index (χ1) is 9.57. The number of rotatable bonds is 6. The van der Waals surface area contributed by atoms with Crippen molar-refractivity contribution in [3.63, 3.8) is 0 Å². The van der Waals surface area contributed by atoms with Crippen molar-refractivity contribution in [1.29, 1.82) is 0 Å². The van der Waals surface area contributed by atoms with Gasteiger partial charge in [0.1, 0.15) is 5.82 Å². The molecule has 0 radical (unpaired) electrons. The second-order valence-corrected chi connectivity index (χ2v) is 5.05. The Balaban J connectivity index is 2.14. The van der Waals surface area contributed by atoms with Crippen LogP contribution in [0.4, 0.5) is 10.1 Å². The van der Waals surface area contributed by atoms with Gasteiger partial charge in [-0.3, -0.25) is 9.59 Å². The molecule has 0 bridgehead atoms. The monoisotopic (exact) mass is 298 g/mol. The fourth-order valence-electron chi connectivity index (χ4n) is 2.23. The zero-order valence-corrected chi connectivity index (χ0v) is 12.0. The van der Waals surface area contributed by atoms with E-state index in [0.29, 0.717) is 19.5 Å². The number of Topliss-reactive ketones (excluding diaryl/α,β-unsaturated/α-hetero) is 1. The number of hydrogen-bond donors (Lipinski definition) is 1. The quantitative estimate of drug-likeness (QED) is 0.648. The Morgan fingerprint density at radius 3 is 2.75 bits per heavy atom. The van der Waals surface area contributed by atoms with Crippen LogP contribution >= 0.6 is 11.6 Å². The van der Waals surface area contributed by atoms with Crippen LogP contribution in [0.5, 0.6) is 0 Å². The standard InChI is InChI=1S/C14H16ClFN2O2/c1-2-6-17-7-3-8-18-12-10(16)5-4-9(15)11(12)13(19)14(18)20/h4-5,17H,2-3,6-8H2,1H3. The maximum absolute atomic E-state index is 13.9. The molecule has 108 valence electrons. The Labute approximate surface area is 121 Å². The molecule has 0 saturated carbocycles. The molecule has 0 unspecified atom stereocenters. The Morgan fingerprint density at radius 1 is 1.30 bits per heavy atom. The minimum absolute atomic E-state index is 0.0156. The predicted octanol–water partition coefficient (Wildman–Crippen LogP) is 2.40. The molecule has 0 aromatic heterocycles. The predicted molar refractivity (Wildman–Crippen MR) is 75.9 cm³/mol. The molecular formula is C14H16ClFN2O2. The van der Waals surface area contributed by atoms with Crippen LogP contribution < -0.4 is 10.2 Å². The molecule has 0 atom stereocenters. The van der Waals surface area contributed by atoms with Crippen molar-refractivity contribution in [2.75, 3.05) is 24.5 Å². The van der Waals surface area contributed by atoms with Crippen LogP contribution in [0, 0.1) is 5.82 Å². The molecule has 2 rings (SSSR count). The first-order valence-electron chi connectivity index (χ1n) is 6.62. The highest BCUT2D eigenvalue weighted by Gasteiger charge is 2.39. The number of carbonyl (C=O) groups excluding carboxylic acids is 2. The maximum Gasteiger partial charge on any atom is 0.299 e. The molecule has 0 aliphatic carbocycles. The number of amides is 1. The van der Waals surface area contributed by atoms with Gasteiger partial charge in [0.05, 0.1) is 16.3 Å². The van der Waals surface area contributed by atoms with Crippen molar-refractivity contribution in [1.82, 2.24) is 5.32 Å². The van der Waals surface area contributed by atoms with Crippen LogP contribution in [-0.4, -0.2) is 31.3 Å². The highest BCUT2D eigenvalue weighted by atomic mass is 35.5. The number of hydrogen-bond acceptors (Lipinski definition) is 3. The van der Waals surface area contributed by atoms with Gasteiger partial charge in [0.2, 0.25) is 0 Å². The molecule has 20 heavy (non-hydrogen) atoms. The van der Waals surface area contributed by atoms with Crippen LogP contribution in [0.1, 0.15) is 30.1 Å². The number of ketones is 1. The Kier molecular flexibility index (Phi) is 4.73. The summed E-state index contributed by atoms with van der Waals surface area (Å²) in [5.74, 6) is -2.03. The SMILES string of the molecule is CCCNCCCN1C(=O)C(=O)c2c(Cl)ccc(F)c21. The zero-order valence-electron chi connectivity index (χ0n) is 11.2. The molecule has 0 fully saturated rings. The summed E-state index contributed by atoms with van der Waals surface area (Å²) in [5.41, 5.74) is 0.00109. The molecule has 1 aliphatic rings. The van der Waals surface area contributed by atoms with E-state index in [1.54, 1.807) is 0 Å². The largest absolute Gasteiger partial charge is 0.317 e. The fraction of sp³-hybridized carbons (Fsp3) is 0.429.